The summed E-state index contributed by atoms with van der Waals surface area (Å²) in [7, 11) is 0. The Labute approximate surface area is 128 Å². The van der Waals surface area contributed by atoms with Gasteiger partial charge in [0.1, 0.15) is 0 Å². The molecule has 1 saturated heterocycles. The summed E-state index contributed by atoms with van der Waals surface area (Å²) in [4.78, 5) is 49.7. The highest BCUT2D eigenvalue weighted by molar-refractivity contribution is 6.45. The summed E-state index contributed by atoms with van der Waals surface area (Å²) in [6.45, 7) is 6.56. The number of carbonyl (C=O) groups is 4. The van der Waals surface area contributed by atoms with Crippen molar-refractivity contribution in [3.8, 4) is 0 Å². The van der Waals surface area contributed by atoms with Crippen molar-refractivity contribution in [2.75, 3.05) is 6.54 Å². The van der Waals surface area contributed by atoms with E-state index in [9.17, 15) is 19.2 Å². The van der Waals surface area contributed by atoms with Gasteiger partial charge in [-0.3, -0.25) is 19.3 Å². The fourth-order valence-corrected chi connectivity index (χ4v) is 2.47. The minimum atomic E-state index is -0.947. The maximum Gasteiger partial charge on any atom is 0.334 e. The average molecular weight is 302 g/mol. The molecule has 6 heteroatoms. The van der Waals surface area contributed by atoms with Crippen LogP contribution in [0, 0.1) is 13.8 Å². The molecule has 1 aliphatic heterocycles. The van der Waals surface area contributed by atoms with Gasteiger partial charge in [0.15, 0.2) is 5.78 Å². The molecule has 0 aromatic heterocycles. The quantitative estimate of drug-likeness (QED) is 0.482. The van der Waals surface area contributed by atoms with Gasteiger partial charge in [-0.25, -0.2) is 9.69 Å². The number of imide groups is 2. The van der Waals surface area contributed by atoms with E-state index in [1.807, 2.05) is 13.0 Å². The lowest BCUT2D eigenvalue weighted by molar-refractivity contribution is -0.143. The number of rotatable bonds is 4. The van der Waals surface area contributed by atoms with E-state index in [0.29, 0.717) is 10.5 Å². The van der Waals surface area contributed by atoms with Crippen LogP contribution in [0.4, 0.5) is 4.79 Å². The molecule has 0 N–H and O–H groups in total. The molecule has 22 heavy (non-hydrogen) atoms. The second kappa shape index (κ2) is 5.71. The van der Waals surface area contributed by atoms with E-state index >= 15 is 0 Å². The SMILES string of the molecule is Cc1ccc(C(=O)CN2C(=O)C(=O)N(C(C)C)C2=O)c(C)c1. The molecule has 0 radical (unpaired) electrons. The average Bonchev–Trinajstić information content (AvgIpc) is 2.62. The van der Waals surface area contributed by atoms with Crippen LogP contribution < -0.4 is 0 Å². The van der Waals surface area contributed by atoms with Crippen LogP contribution >= 0.6 is 0 Å². The molecule has 1 aliphatic rings. The zero-order valence-electron chi connectivity index (χ0n) is 13.0. The van der Waals surface area contributed by atoms with Gasteiger partial charge in [-0.1, -0.05) is 23.8 Å². The smallest absolute Gasteiger partial charge is 0.292 e. The van der Waals surface area contributed by atoms with Crippen LogP contribution in [0.5, 0.6) is 0 Å². The molecule has 1 aromatic rings. The third kappa shape index (κ3) is 2.64. The highest BCUT2D eigenvalue weighted by Gasteiger charge is 2.46. The van der Waals surface area contributed by atoms with Gasteiger partial charge in [-0.2, -0.15) is 0 Å². The van der Waals surface area contributed by atoms with Gasteiger partial charge in [0, 0.05) is 11.6 Å². The van der Waals surface area contributed by atoms with Gasteiger partial charge in [-0.05, 0) is 33.3 Å². The van der Waals surface area contributed by atoms with Crippen LogP contribution in [0.25, 0.3) is 0 Å². The number of nitrogens with zero attached hydrogens (tertiary/aromatic N) is 2. The van der Waals surface area contributed by atoms with Gasteiger partial charge in [0.05, 0.1) is 6.54 Å². The van der Waals surface area contributed by atoms with E-state index in [1.165, 1.54) is 0 Å². The number of benzene rings is 1. The Morgan fingerprint density at radius 1 is 1.09 bits per heavy atom. The molecule has 6 nitrogen and oxygen atoms in total. The molecule has 0 saturated carbocycles. The maximum absolute atomic E-state index is 12.3. The summed E-state index contributed by atoms with van der Waals surface area (Å²) >= 11 is 0. The van der Waals surface area contributed by atoms with Crippen LogP contribution in [0.15, 0.2) is 18.2 Å². The fraction of sp³-hybridized carbons (Fsp3) is 0.375. The van der Waals surface area contributed by atoms with Crippen LogP contribution in [0.2, 0.25) is 0 Å². The molecule has 2 rings (SSSR count). The van der Waals surface area contributed by atoms with Gasteiger partial charge >= 0.3 is 17.8 Å². The predicted octanol–water partition coefficient (Wildman–Crippen LogP) is 1.69. The number of hydrogen-bond donors (Lipinski definition) is 0. The van der Waals surface area contributed by atoms with Crippen molar-refractivity contribution in [1.82, 2.24) is 9.80 Å². The van der Waals surface area contributed by atoms with Gasteiger partial charge in [-0.15, -0.1) is 0 Å². The van der Waals surface area contributed by atoms with Crippen molar-refractivity contribution < 1.29 is 19.2 Å². The number of Topliss-reactive ketones (excluding diaryl/α,β-unsaturated/α-hetero) is 1. The van der Waals surface area contributed by atoms with Crippen LogP contribution in [-0.2, 0) is 9.59 Å². The normalized spacial score (nSPS) is 15.2. The molecule has 1 heterocycles. The van der Waals surface area contributed by atoms with Crippen molar-refractivity contribution in [2.45, 2.75) is 33.7 Å². The number of urea groups is 1. The Morgan fingerprint density at radius 2 is 1.73 bits per heavy atom. The monoisotopic (exact) mass is 302 g/mol. The molecule has 4 amide bonds. The van der Waals surface area contributed by atoms with Crippen molar-refractivity contribution in [3.05, 3.63) is 34.9 Å². The highest BCUT2D eigenvalue weighted by Crippen LogP contribution is 2.17. The summed E-state index contributed by atoms with van der Waals surface area (Å²) in [5.41, 5.74) is 2.24. The number of amides is 4. The number of hydrogen-bond acceptors (Lipinski definition) is 4. The van der Waals surface area contributed by atoms with Crippen molar-refractivity contribution in [2.24, 2.45) is 0 Å². The molecule has 0 bridgehead atoms. The number of carbonyl (C=O) groups excluding carboxylic acids is 4. The molecule has 0 spiro atoms. The van der Waals surface area contributed by atoms with Gasteiger partial charge < -0.3 is 0 Å². The molecular weight excluding hydrogens is 284 g/mol. The van der Waals surface area contributed by atoms with Gasteiger partial charge in [0.2, 0.25) is 0 Å². The van der Waals surface area contributed by atoms with E-state index in [4.69, 9.17) is 0 Å². The van der Waals surface area contributed by atoms with Crippen molar-refractivity contribution >= 4 is 23.6 Å². The highest BCUT2D eigenvalue weighted by atomic mass is 16.2. The Bertz CT molecular complexity index is 679. The van der Waals surface area contributed by atoms with Gasteiger partial charge in [0.25, 0.3) is 0 Å². The van der Waals surface area contributed by atoms with Crippen LogP contribution in [-0.4, -0.2) is 46.0 Å². The molecule has 0 unspecified atom stereocenters. The lowest BCUT2D eigenvalue weighted by atomic mass is 10.0. The Hall–Kier alpha value is -2.50. The van der Waals surface area contributed by atoms with E-state index in [2.05, 4.69) is 0 Å². The molecule has 1 fully saturated rings. The summed E-state index contributed by atoms with van der Waals surface area (Å²) in [6, 6.07) is 4.15. The number of ketones is 1. The summed E-state index contributed by atoms with van der Waals surface area (Å²) in [6.07, 6.45) is 0. The summed E-state index contributed by atoms with van der Waals surface area (Å²) in [5.74, 6) is -2.19. The van der Waals surface area contributed by atoms with E-state index in [1.54, 1.807) is 32.9 Å². The lowest BCUT2D eigenvalue weighted by Crippen LogP contribution is -2.39. The molecule has 1 aromatic carbocycles. The second-order valence-electron chi connectivity index (χ2n) is 5.68. The van der Waals surface area contributed by atoms with E-state index < -0.39 is 30.4 Å². The Balaban J connectivity index is 2.23. The lowest BCUT2D eigenvalue weighted by Gasteiger charge is -2.18. The van der Waals surface area contributed by atoms with Crippen molar-refractivity contribution in [3.63, 3.8) is 0 Å². The summed E-state index contributed by atoms with van der Waals surface area (Å²) < 4.78 is 0. The zero-order chi connectivity index (χ0) is 16.6. The van der Waals surface area contributed by atoms with E-state index in [-0.39, 0.29) is 5.78 Å². The van der Waals surface area contributed by atoms with E-state index in [0.717, 1.165) is 16.0 Å². The first-order valence-electron chi connectivity index (χ1n) is 7.03. The largest absolute Gasteiger partial charge is 0.334 e. The van der Waals surface area contributed by atoms with Crippen LogP contribution in [0.1, 0.15) is 35.3 Å². The first kappa shape index (κ1) is 15.9. The molecule has 0 aliphatic carbocycles. The molecule has 116 valence electrons. The summed E-state index contributed by atoms with van der Waals surface area (Å²) in [5, 5.41) is 0. The minimum absolute atomic E-state index is 0.363. The van der Waals surface area contributed by atoms with Crippen LogP contribution in [0.3, 0.4) is 0 Å². The third-order valence-corrected chi connectivity index (χ3v) is 3.58. The standard InChI is InChI=1S/C16H18N2O4/c1-9(2)18-15(21)14(20)17(16(18)22)8-13(19)12-6-5-10(3)7-11(12)4/h5-7,9H,8H2,1-4H3. The predicted molar refractivity (Wildman–Crippen MR) is 79.3 cm³/mol. The number of aryl methyl sites for hydroxylation is 2. The third-order valence-electron chi connectivity index (χ3n) is 3.58. The molecule has 0 atom stereocenters. The topological polar surface area (TPSA) is 74.8 Å². The second-order valence-corrected chi connectivity index (χ2v) is 5.68. The first-order chi connectivity index (χ1) is 10.2. The molecular formula is C16H18N2O4. The Kier molecular flexibility index (Phi) is 4.12. The van der Waals surface area contributed by atoms with Crippen molar-refractivity contribution in [1.29, 1.82) is 0 Å². The first-order valence-corrected chi connectivity index (χ1v) is 7.03. The minimum Gasteiger partial charge on any atom is -0.292 e. The Morgan fingerprint density at radius 3 is 2.23 bits per heavy atom. The zero-order valence-corrected chi connectivity index (χ0v) is 13.0. The maximum atomic E-state index is 12.3. The fourth-order valence-electron chi connectivity index (χ4n) is 2.47.